The lowest BCUT2D eigenvalue weighted by Gasteiger charge is -2.25. The van der Waals surface area contributed by atoms with E-state index in [1.807, 2.05) is 12.5 Å². The zero-order valence-corrected chi connectivity index (χ0v) is 22.2. The minimum atomic E-state index is -1.28. The lowest BCUT2D eigenvalue weighted by Crippen LogP contribution is -2.57. The third kappa shape index (κ3) is 13.9. The Hall–Kier alpha value is -1.64. The highest BCUT2D eigenvalue weighted by Crippen LogP contribution is 2.07. The SMILES string of the molecule is CSCCC(N)C(=O)NC(CCSC)C(=O)NC(CCC(=O)O)C(=O)NC(CCSC)C(=O)O. The van der Waals surface area contributed by atoms with Crippen molar-refractivity contribution in [2.24, 2.45) is 5.73 Å². The van der Waals surface area contributed by atoms with Gasteiger partial charge in [0.2, 0.25) is 17.7 Å². The first-order chi connectivity index (χ1) is 16.1. The first-order valence-corrected chi connectivity index (χ1v) is 14.8. The summed E-state index contributed by atoms with van der Waals surface area (Å²) in [5, 5.41) is 25.9. The van der Waals surface area contributed by atoms with Gasteiger partial charge in [0.15, 0.2) is 0 Å². The smallest absolute Gasteiger partial charge is 0.326 e. The molecule has 196 valence electrons. The Kier molecular flexibility index (Phi) is 17.8. The zero-order chi connectivity index (χ0) is 26.1. The summed E-state index contributed by atoms with van der Waals surface area (Å²) >= 11 is 4.42. The molecule has 0 bridgehead atoms. The minimum Gasteiger partial charge on any atom is -0.481 e. The van der Waals surface area contributed by atoms with Crippen LogP contribution in [0.5, 0.6) is 0 Å². The van der Waals surface area contributed by atoms with Gasteiger partial charge in [-0.1, -0.05) is 0 Å². The second-order valence-corrected chi connectivity index (χ2v) is 10.4. The number of thioether (sulfide) groups is 3. The van der Waals surface area contributed by atoms with E-state index in [1.54, 1.807) is 6.26 Å². The van der Waals surface area contributed by atoms with Crippen molar-refractivity contribution in [1.82, 2.24) is 16.0 Å². The lowest BCUT2D eigenvalue weighted by molar-refractivity contribution is -0.143. The fourth-order valence-electron chi connectivity index (χ4n) is 2.73. The molecule has 0 aliphatic heterocycles. The summed E-state index contributed by atoms with van der Waals surface area (Å²) in [6.07, 6.45) is 5.74. The molecular formula is C20H36N4O7S3. The van der Waals surface area contributed by atoms with Crippen LogP contribution in [0.25, 0.3) is 0 Å². The molecule has 0 spiro atoms. The molecule has 34 heavy (non-hydrogen) atoms. The standard InChI is InChI=1S/C20H36N4O7S3/c1-32-9-6-12(21)17(27)22-14(7-10-33-2)19(29)23-13(4-5-16(25)26)18(28)24-15(20(30)31)8-11-34-3/h12-15H,4-11,21H2,1-3H3,(H,22,27)(H,23,29)(H,24,28)(H,25,26)(H,30,31). The molecule has 7 N–H and O–H groups in total. The number of aliphatic carboxylic acids is 2. The van der Waals surface area contributed by atoms with Crippen molar-refractivity contribution in [2.45, 2.75) is 56.3 Å². The number of hydrogen-bond donors (Lipinski definition) is 6. The minimum absolute atomic E-state index is 0.169. The molecule has 0 aliphatic rings. The van der Waals surface area contributed by atoms with E-state index in [4.69, 9.17) is 10.8 Å². The normalized spacial score (nSPS) is 14.4. The maximum absolute atomic E-state index is 12.9. The summed E-state index contributed by atoms with van der Waals surface area (Å²) < 4.78 is 0. The summed E-state index contributed by atoms with van der Waals surface area (Å²) in [6.45, 7) is 0. The number of carbonyl (C=O) groups excluding carboxylic acids is 3. The van der Waals surface area contributed by atoms with E-state index >= 15 is 0 Å². The Morgan fingerprint density at radius 1 is 0.676 bits per heavy atom. The third-order valence-electron chi connectivity index (χ3n) is 4.72. The van der Waals surface area contributed by atoms with Gasteiger partial charge in [-0.15, -0.1) is 0 Å². The van der Waals surface area contributed by atoms with Gasteiger partial charge >= 0.3 is 11.9 Å². The highest BCUT2D eigenvalue weighted by atomic mass is 32.2. The fourth-order valence-corrected chi connectivity index (χ4v) is 4.17. The van der Waals surface area contributed by atoms with Crippen molar-refractivity contribution in [3.05, 3.63) is 0 Å². The molecule has 0 saturated carbocycles. The molecule has 4 unspecified atom stereocenters. The largest absolute Gasteiger partial charge is 0.481 e. The highest BCUT2D eigenvalue weighted by Gasteiger charge is 2.30. The highest BCUT2D eigenvalue weighted by molar-refractivity contribution is 7.98. The molecule has 11 nitrogen and oxygen atoms in total. The Morgan fingerprint density at radius 2 is 1.09 bits per heavy atom. The molecule has 3 amide bonds. The van der Waals surface area contributed by atoms with Crippen molar-refractivity contribution < 1.29 is 34.2 Å². The van der Waals surface area contributed by atoms with Crippen molar-refractivity contribution in [1.29, 1.82) is 0 Å². The Labute approximate surface area is 212 Å². The average molecular weight is 541 g/mol. The van der Waals surface area contributed by atoms with Crippen LogP contribution in [0.1, 0.15) is 32.1 Å². The molecule has 0 saturated heterocycles. The van der Waals surface area contributed by atoms with E-state index in [0.717, 1.165) is 0 Å². The molecule has 4 atom stereocenters. The molecule has 0 rings (SSSR count). The molecule has 0 aliphatic carbocycles. The summed E-state index contributed by atoms with van der Waals surface area (Å²) in [7, 11) is 0. The molecule has 0 aromatic heterocycles. The van der Waals surface area contributed by atoms with Crippen LogP contribution in [0.4, 0.5) is 0 Å². The van der Waals surface area contributed by atoms with Gasteiger partial charge < -0.3 is 31.9 Å². The number of nitrogens with one attached hydrogen (secondary N) is 3. The maximum Gasteiger partial charge on any atom is 0.326 e. The van der Waals surface area contributed by atoms with Crippen LogP contribution in [0, 0.1) is 0 Å². The van der Waals surface area contributed by atoms with Crippen LogP contribution in [0.3, 0.4) is 0 Å². The van der Waals surface area contributed by atoms with Gasteiger partial charge in [0, 0.05) is 6.42 Å². The monoisotopic (exact) mass is 540 g/mol. The molecule has 14 heteroatoms. The van der Waals surface area contributed by atoms with E-state index in [9.17, 15) is 29.1 Å². The van der Waals surface area contributed by atoms with Crippen LogP contribution in [0.15, 0.2) is 0 Å². The predicted octanol–water partition coefficient (Wildman–Crippen LogP) is -0.0232. The summed E-state index contributed by atoms with van der Waals surface area (Å²) in [6, 6.07) is -4.23. The van der Waals surface area contributed by atoms with Crippen molar-refractivity contribution in [2.75, 3.05) is 36.0 Å². The Morgan fingerprint density at radius 3 is 1.56 bits per heavy atom. The molecule has 0 radical (unpaired) electrons. The number of carbonyl (C=O) groups is 5. The molecule has 0 fully saturated rings. The third-order valence-corrected chi connectivity index (χ3v) is 6.65. The Bertz CT molecular complexity index is 685. The van der Waals surface area contributed by atoms with Gasteiger partial charge in [0.1, 0.15) is 18.1 Å². The molecular weight excluding hydrogens is 504 g/mol. The predicted molar refractivity (Wildman–Crippen MR) is 137 cm³/mol. The summed E-state index contributed by atoms with van der Waals surface area (Å²) in [4.78, 5) is 60.6. The second kappa shape index (κ2) is 18.7. The van der Waals surface area contributed by atoms with Gasteiger partial charge in [0.25, 0.3) is 0 Å². The van der Waals surface area contributed by atoms with E-state index in [0.29, 0.717) is 23.7 Å². The maximum atomic E-state index is 12.9. The van der Waals surface area contributed by atoms with Crippen LogP contribution in [0.2, 0.25) is 0 Å². The van der Waals surface area contributed by atoms with E-state index < -0.39 is 60.2 Å². The van der Waals surface area contributed by atoms with Crippen LogP contribution < -0.4 is 21.7 Å². The number of amides is 3. The van der Waals surface area contributed by atoms with Gasteiger partial charge in [0.05, 0.1) is 6.04 Å². The van der Waals surface area contributed by atoms with Gasteiger partial charge in [-0.2, -0.15) is 35.3 Å². The zero-order valence-electron chi connectivity index (χ0n) is 19.7. The van der Waals surface area contributed by atoms with Gasteiger partial charge in [-0.25, -0.2) is 4.79 Å². The average Bonchev–Trinajstić information content (AvgIpc) is 2.79. The van der Waals surface area contributed by atoms with Crippen molar-refractivity contribution in [3.63, 3.8) is 0 Å². The molecule has 0 aromatic rings. The molecule has 0 aromatic carbocycles. The van der Waals surface area contributed by atoms with E-state index in [2.05, 4.69) is 16.0 Å². The number of carboxylic acid groups (broad SMARTS) is 2. The fraction of sp³-hybridized carbons (Fsp3) is 0.750. The van der Waals surface area contributed by atoms with E-state index in [-0.39, 0.29) is 19.3 Å². The second-order valence-electron chi connectivity index (χ2n) is 7.41. The Balaban J connectivity index is 5.44. The van der Waals surface area contributed by atoms with Gasteiger partial charge in [-0.05, 0) is 61.7 Å². The van der Waals surface area contributed by atoms with Crippen LogP contribution in [-0.4, -0.2) is 100 Å². The summed E-state index contributed by atoms with van der Waals surface area (Å²) in [5.74, 6) is -2.65. The van der Waals surface area contributed by atoms with Gasteiger partial charge in [-0.3, -0.25) is 19.2 Å². The topological polar surface area (TPSA) is 188 Å². The first kappa shape index (κ1) is 32.4. The van der Waals surface area contributed by atoms with E-state index in [1.165, 1.54) is 35.3 Å². The number of carboxylic acids is 2. The summed E-state index contributed by atoms with van der Waals surface area (Å²) in [5.41, 5.74) is 5.88. The number of hydrogen-bond acceptors (Lipinski definition) is 9. The number of rotatable bonds is 19. The van der Waals surface area contributed by atoms with Crippen molar-refractivity contribution >= 4 is 64.9 Å². The number of nitrogens with two attached hydrogens (primary N) is 1. The van der Waals surface area contributed by atoms with Crippen LogP contribution in [-0.2, 0) is 24.0 Å². The quantitative estimate of drug-likeness (QED) is 0.129. The van der Waals surface area contributed by atoms with Crippen LogP contribution >= 0.6 is 35.3 Å². The lowest BCUT2D eigenvalue weighted by atomic mass is 10.1. The van der Waals surface area contributed by atoms with Crippen molar-refractivity contribution in [3.8, 4) is 0 Å². The molecule has 0 heterocycles. The first-order valence-electron chi connectivity index (χ1n) is 10.6.